The Balaban J connectivity index is 1.73. The fourth-order valence-electron chi connectivity index (χ4n) is 2.45. The normalized spacial score (nSPS) is 11.8. The molecule has 1 heterocycles. The topological polar surface area (TPSA) is 103 Å². The Bertz CT molecular complexity index is 1020. The van der Waals surface area contributed by atoms with Crippen LogP contribution < -0.4 is 5.32 Å². The Labute approximate surface area is 170 Å². The van der Waals surface area contributed by atoms with E-state index in [9.17, 15) is 14.9 Å². The van der Waals surface area contributed by atoms with Gasteiger partial charge >= 0.3 is 0 Å². The van der Waals surface area contributed by atoms with Gasteiger partial charge in [-0.2, -0.15) is 0 Å². The Morgan fingerprint density at radius 3 is 2.57 bits per heavy atom. The van der Waals surface area contributed by atoms with Crippen molar-refractivity contribution in [1.29, 1.82) is 0 Å². The maximum absolute atomic E-state index is 12.5. The number of thioether (sulfide) groups is 1. The molecule has 0 radical (unpaired) electrons. The summed E-state index contributed by atoms with van der Waals surface area (Å²) in [5, 5.41) is 22.6. The second kappa shape index (κ2) is 8.41. The third-order valence-electron chi connectivity index (χ3n) is 3.95. The second-order valence-corrected chi connectivity index (χ2v) is 7.64. The summed E-state index contributed by atoms with van der Waals surface area (Å²) < 4.78 is 1.78. The van der Waals surface area contributed by atoms with Gasteiger partial charge in [0.15, 0.2) is 11.0 Å². The Morgan fingerprint density at radius 1 is 1.21 bits per heavy atom. The lowest BCUT2D eigenvalue weighted by Gasteiger charge is -2.12. The van der Waals surface area contributed by atoms with Crippen molar-refractivity contribution in [3.8, 4) is 11.4 Å². The van der Waals surface area contributed by atoms with Gasteiger partial charge in [0.1, 0.15) is 5.69 Å². The molecule has 1 amide bonds. The summed E-state index contributed by atoms with van der Waals surface area (Å²) in [6.45, 7) is 1.70. The highest BCUT2D eigenvalue weighted by atomic mass is 35.5. The molecule has 2 aromatic carbocycles. The molecule has 0 spiro atoms. The van der Waals surface area contributed by atoms with Crippen LogP contribution in [0.25, 0.3) is 11.4 Å². The number of halogens is 1. The third-order valence-corrected chi connectivity index (χ3v) is 5.33. The Kier molecular flexibility index (Phi) is 5.96. The van der Waals surface area contributed by atoms with Crippen molar-refractivity contribution in [2.45, 2.75) is 17.3 Å². The Morgan fingerprint density at radius 2 is 1.89 bits per heavy atom. The monoisotopic (exact) mass is 417 g/mol. The van der Waals surface area contributed by atoms with E-state index in [1.807, 2.05) is 12.1 Å². The fraction of sp³-hybridized carbons (Fsp3) is 0.167. The summed E-state index contributed by atoms with van der Waals surface area (Å²) in [6, 6.07) is 13.2. The average Bonchev–Trinajstić information content (AvgIpc) is 3.03. The van der Waals surface area contributed by atoms with Crippen molar-refractivity contribution in [3.63, 3.8) is 0 Å². The van der Waals surface area contributed by atoms with Gasteiger partial charge in [0.2, 0.25) is 5.91 Å². The zero-order chi connectivity index (χ0) is 20.3. The maximum atomic E-state index is 12.5. The first-order valence-electron chi connectivity index (χ1n) is 8.23. The molecular formula is C18H16ClN5O3S. The number of rotatable bonds is 6. The van der Waals surface area contributed by atoms with Crippen molar-refractivity contribution < 1.29 is 9.72 Å². The number of nitro benzene ring substituents is 1. The van der Waals surface area contributed by atoms with Crippen LogP contribution in [0.15, 0.2) is 53.7 Å². The highest BCUT2D eigenvalue weighted by Gasteiger charge is 2.22. The van der Waals surface area contributed by atoms with Crippen molar-refractivity contribution in [2.75, 3.05) is 5.32 Å². The number of hydrogen-bond acceptors (Lipinski definition) is 6. The smallest absolute Gasteiger partial charge is 0.292 e. The number of nitrogens with zero attached hydrogens (tertiary/aromatic N) is 4. The summed E-state index contributed by atoms with van der Waals surface area (Å²) in [7, 11) is 1.80. The molecule has 3 aromatic rings. The van der Waals surface area contributed by atoms with Gasteiger partial charge in [-0.05, 0) is 37.3 Å². The van der Waals surface area contributed by atoms with Crippen LogP contribution in [0, 0.1) is 10.1 Å². The molecule has 1 N–H and O–H groups in total. The van der Waals surface area contributed by atoms with E-state index in [-0.39, 0.29) is 17.3 Å². The molecule has 8 nitrogen and oxygen atoms in total. The minimum atomic E-state index is -0.541. The summed E-state index contributed by atoms with van der Waals surface area (Å²) >= 11 is 7.12. The van der Waals surface area contributed by atoms with Crippen molar-refractivity contribution in [3.05, 3.63) is 63.7 Å². The van der Waals surface area contributed by atoms with E-state index in [2.05, 4.69) is 15.5 Å². The first kappa shape index (κ1) is 19.8. The summed E-state index contributed by atoms with van der Waals surface area (Å²) in [4.78, 5) is 23.0. The van der Waals surface area contributed by atoms with Gasteiger partial charge in [0.25, 0.3) is 5.69 Å². The lowest BCUT2D eigenvalue weighted by Crippen LogP contribution is -2.23. The first-order chi connectivity index (χ1) is 13.4. The van der Waals surface area contributed by atoms with Crippen LogP contribution in [0.5, 0.6) is 0 Å². The van der Waals surface area contributed by atoms with Crippen LogP contribution in [-0.2, 0) is 11.8 Å². The van der Waals surface area contributed by atoms with Crippen molar-refractivity contribution >= 4 is 40.6 Å². The molecule has 1 aromatic heterocycles. The molecule has 1 unspecified atom stereocenters. The summed E-state index contributed by atoms with van der Waals surface area (Å²) in [6.07, 6.45) is 0. The molecular weight excluding hydrogens is 402 g/mol. The number of nitrogens with one attached hydrogen (secondary N) is 1. The standard InChI is InChI=1S/C18H16ClN5O3S/c1-11(17(25)20-14-5-3-4-6-15(14)24(26)27)28-18-22-21-16(23(18)2)12-7-9-13(19)10-8-12/h3-11H,1-2H3,(H,20,25). The molecule has 0 aliphatic rings. The minimum Gasteiger partial charge on any atom is -0.319 e. The van der Waals surface area contributed by atoms with Gasteiger partial charge < -0.3 is 9.88 Å². The molecule has 3 rings (SSSR count). The average molecular weight is 418 g/mol. The van der Waals surface area contributed by atoms with E-state index < -0.39 is 10.2 Å². The van der Waals surface area contributed by atoms with Crippen LogP contribution in [0.1, 0.15) is 6.92 Å². The molecule has 10 heteroatoms. The van der Waals surface area contributed by atoms with Gasteiger partial charge in [-0.3, -0.25) is 14.9 Å². The zero-order valence-corrected chi connectivity index (χ0v) is 16.6. The molecule has 0 saturated heterocycles. The SMILES string of the molecule is CC(Sc1nnc(-c2ccc(Cl)cc2)n1C)C(=O)Nc1ccccc1[N+](=O)[O-]. The van der Waals surface area contributed by atoms with Gasteiger partial charge in [0, 0.05) is 23.7 Å². The van der Waals surface area contributed by atoms with Gasteiger partial charge in [0.05, 0.1) is 10.2 Å². The Hall–Kier alpha value is -2.91. The molecule has 1 atom stereocenters. The summed E-state index contributed by atoms with van der Waals surface area (Å²) in [5.41, 5.74) is 0.852. The molecule has 28 heavy (non-hydrogen) atoms. The summed E-state index contributed by atoms with van der Waals surface area (Å²) in [5.74, 6) is 0.279. The molecule has 144 valence electrons. The van der Waals surface area contributed by atoms with Gasteiger partial charge in [-0.1, -0.05) is 35.5 Å². The highest BCUT2D eigenvalue weighted by molar-refractivity contribution is 8.00. The number of carbonyl (C=O) groups is 1. The number of hydrogen-bond donors (Lipinski definition) is 1. The number of carbonyl (C=O) groups excluding carboxylic acids is 1. The second-order valence-electron chi connectivity index (χ2n) is 5.90. The molecule has 0 aliphatic carbocycles. The third kappa shape index (κ3) is 4.32. The van der Waals surface area contributed by atoms with E-state index in [0.29, 0.717) is 16.0 Å². The van der Waals surface area contributed by atoms with Crippen LogP contribution in [0.4, 0.5) is 11.4 Å². The first-order valence-corrected chi connectivity index (χ1v) is 9.49. The number of amides is 1. The molecule has 0 saturated carbocycles. The van der Waals surface area contributed by atoms with E-state index in [4.69, 9.17) is 11.6 Å². The zero-order valence-electron chi connectivity index (χ0n) is 15.0. The molecule has 0 fully saturated rings. The van der Waals surface area contributed by atoms with Crippen LogP contribution in [0.3, 0.4) is 0 Å². The van der Waals surface area contributed by atoms with Gasteiger partial charge in [-0.25, -0.2) is 0 Å². The van der Waals surface area contributed by atoms with E-state index in [1.165, 1.54) is 23.9 Å². The predicted molar refractivity (Wildman–Crippen MR) is 108 cm³/mol. The highest BCUT2D eigenvalue weighted by Crippen LogP contribution is 2.28. The predicted octanol–water partition coefficient (Wildman–Crippen LogP) is 4.16. The van der Waals surface area contributed by atoms with Crippen LogP contribution >= 0.6 is 23.4 Å². The van der Waals surface area contributed by atoms with Crippen molar-refractivity contribution in [1.82, 2.24) is 14.8 Å². The number of anilines is 1. The minimum absolute atomic E-state index is 0.156. The fourth-order valence-corrected chi connectivity index (χ4v) is 3.39. The molecule has 0 bridgehead atoms. The largest absolute Gasteiger partial charge is 0.319 e. The van der Waals surface area contributed by atoms with E-state index >= 15 is 0 Å². The van der Waals surface area contributed by atoms with E-state index in [1.54, 1.807) is 42.8 Å². The number of para-hydroxylation sites is 2. The van der Waals surface area contributed by atoms with Gasteiger partial charge in [-0.15, -0.1) is 10.2 Å². The lowest BCUT2D eigenvalue weighted by atomic mass is 10.2. The number of aromatic nitrogens is 3. The quantitative estimate of drug-likeness (QED) is 0.367. The van der Waals surface area contributed by atoms with Crippen LogP contribution in [-0.4, -0.2) is 30.8 Å². The van der Waals surface area contributed by atoms with Crippen molar-refractivity contribution in [2.24, 2.45) is 7.05 Å². The van der Waals surface area contributed by atoms with E-state index in [0.717, 1.165) is 5.56 Å². The molecule has 0 aliphatic heterocycles. The number of benzene rings is 2. The number of nitro groups is 1. The maximum Gasteiger partial charge on any atom is 0.292 e. The van der Waals surface area contributed by atoms with Crippen LogP contribution in [0.2, 0.25) is 5.02 Å². The lowest BCUT2D eigenvalue weighted by molar-refractivity contribution is -0.383.